The third kappa shape index (κ3) is 3.41. The highest BCUT2D eigenvalue weighted by Crippen LogP contribution is 2.19. The standard InChI is InChI=1S/C17H20N2O2/c1-13-4-8-15(9-5-13)18(2)17(21)19(3)16-10-6-14(12-20)7-11-16/h4-11,20H,12H2,1-3H3. The smallest absolute Gasteiger partial charge is 0.328 e. The van der Waals surface area contributed by atoms with Crippen molar-refractivity contribution in [3.63, 3.8) is 0 Å². The van der Waals surface area contributed by atoms with E-state index in [4.69, 9.17) is 5.11 Å². The summed E-state index contributed by atoms with van der Waals surface area (Å²) in [5.74, 6) is 0. The first kappa shape index (κ1) is 15.1. The summed E-state index contributed by atoms with van der Waals surface area (Å²) in [5.41, 5.74) is 3.62. The summed E-state index contributed by atoms with van der Waals surface area (Å²) in [6.07, 6.45) is 0. The van der Waals surface area contributed by atoms with Gasteiger partial charge in [0.2, 0.25) is 0 Å². The van der Waals surface area contributed by atoms with E-state index < -0.39 is 0 Å². The minimum Gasteiger partial charge on any atom is -0.392 e. The van der Waals surface area contributed by atoms with Crippen molar-refractivity contribution >= 4 is 17.4 Å². The first-order valence-electron chi connectivity index (χ1n) is 6.81. The number of amides is 2. The van der Waals surface area contributed by atoms with Gasteiger partial charge in [0.15, 0.2) is 0 Å². The van der Waals surface area contributed by atoms with Crippen LogP contribution < -0.4 is 9.80 Å². The molecule has 0 bridgehead atoms. The van der Waals surface area contributed by atoms with Crippen molar-refractivity contribution < 1.29 is 9.90 Å². The number of hydrogen-bond donors (Lipinski definition) is 1. The van der Waals surface area contributed by atoms with E-state index in [1.54, 1.807) is 23.9 Å². The van der Waals surface area contributed by atoms with Crippen molar-refractivity contribution in [2.75, 3.05) is 23.9 Å². The fourth-order valence-corrected chi connectivity index (χ4v) is 2.04. The second-order valence-corrected chi connectivity index (χ2v) is 5.06. The number of hydrogen-bond acceptors (Lipinski definition) is 2. The number of rotatable bonds is 3. The van der Waals surface area contributed by atoms with E-state index in [9.17, 15) is 4.79 Å². The molecule has 4 heteroatoms. The van der Waals surface area contributed by atoms with Crippen molar-refractivity contribution in [2.24, 2.45) is 0 Å². The van der Waals surface area contributed by atoms with Crippen LogP contribution in [-0.4, -0.2) is 25.2 Å². The van der Waals surface area contributed by atoms with Crippen molar-refractivity contribution in [3.05, 3.63) is 59.7 Å². The van der Waals surface area contributed by atoms with Crippen LogP contribution in [0.5, 0.6) is 0 Å². The van der Waals surface area contributed by atoms with Crippen molar-refractivity contribution in [2.45, 2.75) is 13.5 Å². The molecule has 0 spiro atoms. The average Bonchev–Trinajstić information content (AvgIpc) is 2.53. The molecular formula is C17H20N2O2. The lowest BCUT2D eigenvalue weighted by Crippen LogP contribution is -2.38. The van der Waals surface area contributed by atoms with E-state index in [1.165, 1.54) is 0 Å². The second kappa shape index (κ2) is 6.41. The molecule has 0 aliphatic rings. The molecule has 110 valence electrons. The molecule has 21 heavy (non-hydrogen) atoms. The number of aryl methyl sites for hydroxylation is 1. The largest absolute Gasteiger partial charge is 0.392 e. The summed E-state index contributed by atoms with van der Waals surface area (Å²) in [6.45, 7) is 2.02. The third-order valence-electron chi connectivity index (χ3n) is 3.50. The molecule has 0 aliphatic heterocycles. The predicted octanol–water partition coefficient (Wildman–Crippen LogP) is 3.18. The predicted molar refractivity (Wildman–Crippen MR) is 85.7 cm³/mol. The number of urea groups is 1. The van der Waals surface area contributed by atoms with E-state index in [0.717, 1.165) is 22.5 Å². The molecule has 0 aromatic heterocycles. The Labute approximate surface area is 125 Å². The number of benzene rings is 2. The van der Waals surface area contributed by atoms with Gasteiger partial charge < -0.3 is 5.11 Å². The molecule has 0 atom stereocenters. The minimum atomic E-state index is -0.115. The van der Waals surface area contributed by atoms with Gasteiger partial charge in [0.1, 0.15) is 0 Å². The lowest BCUT2D eigenvalue weighted by atomic mass is 10.2. The van der Waals surface area contributed by atoms with Gasteiger partial charge in [-0.1, -0.05) is 29.8 Å². The number of carbonyl (C=O) groups excluding carboxylic acids is 1. The monoisotopic (exact) mass is 284 g/mol. The molecule has 0 unspecified atom stereocenters. The van der Waals surface area contributed by atoms with E-state index in [1.807, 2.05) is 55.5 Å². The molecule has 0 aliphatic carbocycles. The highest BCUT2D eigenvalue weighted by Gasteiger charge is 2.17. The zero-order valence-corrected chi connectivity index (χ0v) is 12.6. The fourth-order valence-electron chi connectivity index (χ4n) is 2.04. The summed E-state index contributed by atoms with van der Waals surface area (Å²) in [5, 5.41) is 9.05. The van der Waals surface area contributed by atoms with Crippen molar-refractivity contribution in [1.82, 2.24) is 0 Å². The van der Waals surface area contributed by atoms with Crippen LogP contribution in [0.4, 0.5) is 16.2 Å². The Bertz CT molecular complexity index is 606. The maximum absolute atomic E-state index is 12.5. The number of carbonyl (C=O) groups is 1. The average molecular weight is 284 g/mol. The highest BCUT2D eigenvalue weighted by atomic mass is 16.3. The van der Waals surface area contributed by atoms with Gasteiger partial charge in [0, 0.05) is 25.5 Å². The Hall–Kier alpha value is -2.33. The summed E-state index contributed by atoms with van der Waals surface area (Å²) < 4.78 is 0. The molecule has 0 radical (unpaired) electrons. The molecular weight excluding hydrogens is 264 g/mol. The van der Waals surface area contributed by atoms with Gasteiger partial charge in [-0.25, -0.2) is 4.79 Å². The Morgan fingerprint density at radius 3 is 1.76 bits per heavy atom. The first-order valence-corrected chi connectivity index (χ1v) is 6.81. The van der Waals surface area contributed by atoms with Crippen LogP contribution in [0.1, 0.15) is 11.1 Å². The zero-order valence-electron chi connectivity index (χ0n) is 12.6. The Morgan fingerprint density at radius 1 is 0.905 bits per heavy atom. The van der Waals surface area contributed by atoms with Gasteiger partial charge in [-0.3, -0.25) is 9.80 Å². The van der Waals surface area contributed by atoms with Gasteiger partial charge in [0.05, 0.1) is 6.61 Å². The van der Waals surface area contributed by atoms with Crippen LogP contribution in [0.2, 0.25) is 0 Å². The number of aliphatic hydroxyl groups excluding tert-OH is 1. The Morgan fingerprint density at radius 2 is 1.33 bits per heavy atom. The number of anilines is 2. The van der Waals surface area contributed by atoms with Crippen LogP contribution in [0.25, 0.3) is 0 Å². The highest BCUT2D eigenvalue weighted by molar-refractivity contribution is 6.02. The van der Waals surface area contributed by atoms with Crippen LogP contribution in [0.3, 0.4) is 0 Å². The van der Waals surface area contributed by atoms with E-state index in [-0.39, 0.29) is 12.6 Å². The topological polar surface area (TPSA) is 43.8 Å². The van der Waals surface area contributed by atoms with E-state index >= 15 is 0 Å². The van der Waals surface area contributed by atoms with Crippen LogP contribution in [-0.2, 0) is 6.61 Å². The molecule has 4 nitrogen and oxygen atoms in total. The molecule has 0 heterocycles. The Balaban J connectivity index is 2.15. The molecule has 2 aromatic rings. The zero-order chi connectivity index (χ0) is 15.4. The maximum atomic E-state index is 12.5. The van der Waals surface area contributed by atoms with Gasteiger partial charge >= 0.3 is 6.03 Å². The Kier molecular flexibility index (Phi) is 4.60. The molecule has 2 amide bonds. The molecule has 0 fully saturated rings. The van der Waals surface area contributed by atoms with E-state index in [2.05, 4.69) is 0 Å². The quantitative estimate of drug-likeness (QED) is 0.940. The maximum Gasteiger partial charge on any atom is 0.328 e. The van der Waals surface area contributed by atoms with Crippen LogP contribution >= 0.6 is 0 Å². The summed E-state index contributed by atoms with van der Waals surface area (Å²) >= 11 is 0. The van der Waals surface area contributed by atoms with E-state index in [0.29, 0.717) is 0 Å². The normalized spacial score (nSPS) is 10.3. The van der Waals surface area contributed by atoms with Gasteiger partial charge in [-0.05, 0) is 36.8 Å². The lowest BCUT2D eigenvalue weighted by Gasteiger charge is -2.25. The van der Waals surface area contributed by atoms with Gasteiger partial charge in [0.25, 0.3) is 0 Å². The summed E-state index contributed by atoms with van der Waals surface area (Å²) in [6, 6.07) is 15.0. The van der Waals surface area contributed by atoms with Crippen LogP contribution in [0, 0.1) is 6.92 Å². The SMILES string of the molecule is Cc1ccc(N(C)C(=O)N(C)c2ccc(CO)cc2)cc1. The van der Waals surface area contributed by atoms with Crippen LogP contribution in [0.15, 0.2) is 48.5 Å². The number of aliphatic hydroxyl groups is 1. The number of nitrogens with zero attached hydrogens (tertiary/aromatic N) is 2. The molecule has 2 rings (SSSR count). The lowest BCUT2D eigenvalue weighted by molar-refractivity contribution is 0.253. The fraction of sp³-hybridized carbons (Fsp3) is 0.235. The van der Waals surface area contributed by atoms with Crippen molar-refractivity contribution in [3.8, 4) is 0 Å². The summed E-state index contributed by atoms with van der Waals surface area (Å²) in [4.78, 5) is 15.7. The molecule has 0 saturated heterocycles. The second-order valence-electron chi connectivity index (χ2n) is 5.06. The molecule has 0 saturated carbocycles. The molecule has 2 aromatic carbocycles. The van der Waals surface area contributed by atoms with Gasteiger partial charge in [-0.2, -0.15) is 0 Å². The van der Waals surface area contributed by atoms with Crippen molar-refractivity contribution in [1.29, 1.82) is 0 Å². The third-order valence-corrected chi connectivity index (χ3v) is 3.50. The molecule has 1 N–H and O–H groups in total. The summed E-state index contributed by atoms with van der Waals surface area (Å²) in [7, 11) is 3.49. The minimum absolute atomic E-state index is 0.00120. The first-order chi connectivity index (χ1) is 10.0. The van der Waals surface area contributed by atoms with Gasteiger partial charge in [-0.15, -0.1) is 0 Å².